The van der Waals surface area contributed by atoms with Crippen LogP contribution < -0.4 is 0 Å². The van der Waals surface area contributed by atoms with Gasteiger partial charge in [-0.25, -0.2) is 0 Å². The molecular formula is C10H9Cl2F3O3. The van der Waals surface area contributed by atoms with Gasteiger partial charge >= 0.3 is 12.1 Å². The van der Waals surface area contributed by atoms with Crippen molar-refractivity contribution in [2.45, 2.75) is 20.0 Å². The zero-order valence-corrected chi connectivity index (χ0v) is 10.8. The summed E-state index contributed by atoms with van der Waals surface area (Å²) in [5, 5.41) is 6.38. The van der Waals surface area contributed by atoms with Gasteiger partial charge in [-0.3, -0.25) is 9.59 Å². The Labute approximate surface area is 111 Å². The van der Waals surface area contributed by atoms with Crippen molar-refractivity contribution < 1.29 is 27.9 Å². The first-order chi connectivity index (χ1) is 7.90. The van der Waals surface area contributed by atoms with Gasteiger partial charge in [0.05, 0.1) is 0 Å². The number of alkyl halides is 3. The average Bonchev–Trinajstić information content (AvgIpc) is 2.62. The summed E-state index contributed by atoms with van der Waals surface area (Å²) in [5.41, 5.74) is -3.27. The Hall–Kier alpha value is -0.750. The van der Waals surface area contributed by atoms with E-state index in [1.165, 1.54) is 13.8 Å². The summed E-state index contributed by atoms with van der Waals surface area (Å²) < 4.78 is 36.8. The molecule has 1 rings (SSSR count). The summed E-state index contributed by atoms with van der Waals surface area (Å²) in [7, 11) is 0. The van der Waals surface area contributed by atoms with Gasteiger partial charge in [-0.15, -0.1) is 0 Å². The second-order valence-corrected chi connectivity index (χ2v) is 5.35. The van der Waals surface area contributed by atoms with Gasteiger partial charge in [0.2, 0.25) is 5.24 Å². The molecule has 0 amide bonds. The van der Waals surface area contributed by atoms with Crippen molar-refractivity contribution in [3.63, 3.8) is 0 Å². The Bertz CT molecular complexity index is 426. The van der Waals surface area contributed by atoms with Gasteiger partial charge in [0.25, 0.3) is 0 Å². The highest BCUT2D eigenvalue weighted by molar-refractivity contribution is 6.67. The molecule has 1 saturated carbocycles. The molecule has 0 bridgehead atoms. The molecule has 0 spiro atoms. The van der Waals surface area contributed by atoms with Gasteiger partial charge in [0.15, 0.2) is 5.41 Å². The van der Waals surface area contributed by atoms with Crippen LogP contribution in [0.2, 0.25) is 0 Å². The number of carboxylic acid groups (broad SMARTS) is 1. The molecule has 1 aliphatic rings. The van der Waals surface area contributed by atoms with E-state index in [4.69, 9.17) is 28.3 Å². The van der Waals surface area contributed by atoms with E-state index in [-0.39, 0.29) is 0 Å². The van der Waals surface area contributed by atoms with Crippen molar-refractivity contribution in [3.05, 3.63) is 11.1 Å². The van der Waals surface area contributed by atoms with Crippen LogP contribution in [0.15, 0.2) is 11.1 Å². The predicted octanol–water partition coefficient (Wildman–Crippen LogP) is 3.16. The van der Waals surface area contributed by atoms with Crippen LogP contribution in [0.4, 0.5) is 13.2 Å². The molecule has 3 nitrogen and oxygen atoms in total. The highest BCUT2D eigenvalue weighted by Crippen LogP contribution is 2.71. The summed E-state index contributed by atoms with van der Waals surface area (Å²) in [6, 6.07) is 0. The lowest BCUT2D eigenvalue weighted by molar-refractivity contribution is -0.148. The first kappa shape index (κ1) is 15.3. The number of carbonyl (C=O) groups excluding carboxylic acids is 1. The van der Waals surface area contributed by atoms with Crippen molar-refractivity contribution in [1.82, 2.24) is 0 Å². The van der Waals surface area contributed by atoms with Crippen molar-refractivity contribution in [1.29, 1.82) is 0 Å². The van der Waals surface area contributed by atoms with Gasteiger partial charge < -0.3 is 5.11 Å². The number of hydrogen-bond donors (Lipinski definition) is 1. The molecule has 0 aliphatic heterocycles. The highest BCUT2D eigenvalue weighted by Gasteiger charge is 2.79. The number of hydrogen-bond acceptors (Lipinski definition) is 2. The third-order valence-electron chi connectivity index (χ3n) is 3.41. The van der Waals surface area contributed by atoms with E-state index in [1.807, 2.05) is 0 Å². The summed E-state index contributed by atoms with van der Waals surface area (Å²) in [4.78, 5) is 22.4. The fourth-order valence-corrected chi connectivity index (χ4v) is 2.81. The summed E-state index contributed by atoms with van der Waals surface area (Å²) >= 11 is 10.3. The van der Waals surface area contributed by atoms with Crippen molar-refractivity contribution in [2.75, 3.05) is 0 Å². The van der Waals surface area contributed by atoms with E-state index in [1.54, 1.807) is 0 Å². The third kappa shape index (κ3) is 1.91. The van der Waals surface area contributed by atoms with Crippen LogP contribution in [-0.4, -0.2) is 22.5 Å². The second-order valence-electron chi connectivity index (χ2n) is 4.60. The summed E-state index contributed by atoms with van der Waals surface area (Å²) in [6.07, 6.45) is -4.24. The molecular weight excluding hydrogens is 296 g/mol. The van der Waals surface area contributed by atoms with Crippen LogP contribution in [0.25, 0.3) is 0 Å². The normalized spacial score (nSPS) is 31.1. The average molecular weight is 305 g/mol. The minimum absolute atomic E-state index is 0.538. The fourth-order valence-electron chi connectivity index (χ4n) is 2.25. The van der Waals surface area contributed by atoms with Gasteiger partial charge in [-0.05, 0) is 17.0 Å². The Morgan fingerprint density at radius 2 is 1.72 bits per heavy atom. The molecule has 0 unspecified atom stereocenters. The first-order valence-electron chi connectivity index (χ1n) is 4.78. The molecule has 1 fully saturated rings. The summed E-state index contributed by atoms with van der Waals surface area (Å²) in [6.45, 7) is 2.70. The zero-order chi connectivity index (χ0) is 14.5. The lowest BCUT2D eigenvalue weighted by atomic mass is 9.98. The van der Waals surface area contributed by atoms with E-state index in [0.29, 0.717) is 6.08 Å². The standard InChI is InChI=1S/C10H9Cl2F3O3/c1-8(2)4(3-5(11)10(13,14)15)9(8,6(12)16)7(17)18/h3-4H,1-2H3,(H,17,18)/b5-3-/t4-,9-/m1/s1. The Morgan fingerprint density at radius 1 is 1.28 bits per heavy atom. The van der Waals surface area contributed by atoms with Crippen molar-refractivity contribution >= 4 is 34.4 Å². The van der Waals surface area contributed by atoms with Crippen LogP contribution in [0.1, 0.15) is 13.8 Å². The molecule has 0 heterocycles. The SMILES string of the molecule is CC1(C)[C@@H](/C=C(\Cl)C(F)(F)F)[C@]1(C(=O)O)C(=O)Cl. The number of rotatable bonds is 3. The van der Waals surface area contributed by atoms with E-state index >= 15 is 0 Å². The molecule has 1 aliphatic carbocycles. The van der Waals surface area contributed by atoms with E-state index in [2.05, 4.69) is 0 Å². The predicted molar refractivity (Wildman–Crippen MR) is 58.2 cm³/mol. The molecule has 0 aromatic rings. The van der Waals surface area contributed by atoms with Crippen molar-refractivity contribution in [2.24, 2.45) is 16.7 Å². The third-order valence-corrected chi connectivity index (χ3v) is 4.05. The Kier molecular flexibility index (Phi) is 3.51. The summed E-state index contributed by atoms with van der Waals surface area (Å²) in [5.74, 6) is -2.75. The number of allylic oxidation sites excluding steroid dienone is 2. The Balaban J connectivity index is 3.22. The van der Waals surface area contributed by atoms with Crippen LogP contribution in [0.5, 0.6) is 0 Å². The molecule has 102 valence electrons. The van der Waals surface area contributed by atoms with Crippen molar-refractivity contribution in [3.8, 4) is 0 Å². The van der Waals surface area contributed by atoms with Crippen LogP contribution >= 0.6 is 23.2 Å². The maximum absolute atomic E-state index is 12.3. The fraction of sp³-hybridized carbons (Fsp3) is 0.600. The minimum atomic E-state index is -4.78. The molecule has 2 atom stereocenters. The largest absolute Gasteiger partial charge is 0.480 e. The van der Waals surface area contributed by atoms with Gasteiger partial charge in [0.1, 0.15) is 5.03 Å². The number of aliphatic carboxylic acids is 1. The number of carboxylic acids is 1. The van der Waals surface area contributed by atoms with Gasteiger partial charge in [0, 0.05) is 5.92 Å². The second kappa shape index (κ2) is 4.13. The molecule has 18 heavy (non-hydrogen) atoms. The number of carbonyl (C=O) groups is 2. The van der Waals surface area contributed by atoms with E-state index < -0.39 is 39.2 Å². The zero-order valence-electron chi connectivity index (χ0n) is 9.31. The van der Waals surface area contributed by atoms with Crippen LogP contribution in [0, 0.1) is 16.7 Å². The lowest BCUT2D eigenvalue weighted by Gasteiger charge is -2.08. The first-order valence-corrected chi connectivity index (χ1v) is 5.53. The smallest absolute Gasteiger partial charge is 0.426 e. The molecule has 1 N–H and O–H groups in total. The van der Waals surface area contributed by atoms with Crippen LogP contribution in [0.3, 0.4) is 0 Å². The van der Waals surface area contributed by atoms with Gasteiger partial charge in [-0.2, -0.15) is 13.2 Å². The molecule has 0 aromatic heterocycles. The van der Waals surface area contributed by atoms with E-state index in [0.717, 1.165) is 0 Å². The highest BCUT2D eigenvalue weighted by atomic mass is 35.5. The molecule has 0 saturated heterocycles. The number of halogens is 5. The monoisotopic (exact) mass is 304 g/mol. The molecule has 8 heteroatoms. The van der Waals surface area contributed by atoms with Crippen LogP contribution in [-0.2, 0) is 9.59 Å². The molecule has 0 radical (unpaired) electrons. The minimum Gasteiger partial charge on any atom is -0.480 e. The van der Waals surface area contributed by atoms with Gasteiger partial charge in [-0.1, -0.05) is 31.5 Å². The lowest BCUT2D eigenvalue weighted by Crippen LogP contribution is -2.27. The quantitative estimate of drug-likeness (QED) is 0.643. The maximum Gasteiger partial charge on any atom is 0.426 e. The maximum atomic E-state index is 12.3. The van der Waals surface area contributed by atoms with E-state index in [9.17, 15) is 22.8 Å². The Morgan fingerprint density at radius 3 is 1.94 bits per heavy atom. The molecule has 0 aromatic carbocycles. The topological polar surface area (TPSA) is 54.4 Å².